The van der Waals surface area contributed by atoms with Gasteiger partial charge in [-0.15, -0.1) is 0 Å². The predicted octanol–water partition coefficient (Wildman–Crippen LogP) is 1.11. The van der Waals surface area contributed by atoms with Gasteiger partial charge < -0.3 is 10.4 Å². The molecule has 1 unspecified atom stereocenters. The molecule has 1 heterocycles. The second-order valence-corrected chi connectivity index (χ2v) is 5.71. The van der Waals surface area contributed by atoms with Crippen molar-refractivity contribution in [3.8, 4) is 0 Å². The number of nitrogens with one attached hydrogen (secondary N) is 2. The van der Waals surface area contributed by atoms with Gasteiger partial charge in [-0.05, 0) is 12.0 Å². The van der Waals surface area contributed by atoms with Gasteiger partial charge in [-0.2, -0.15) is 5.10 Å². The van der Waals surface area contributed by atoms with Crippen LogP contribution in [0.4, 0.5) is 0 Å². The molecule has 1 rings (SSSR count). The van der Waals surface area contributed by atoms with E-state index >= 15 is 0 Å². The number of hydrogen-bond donors (Lipinski definition) is 3. The number of hydrogen-bond acceptors (Lipinski definition) is 3. The maximum Gasteiger partial charge on any atom is 0.226 e. The van der Waals surface area contributed by atoms with Crippen molar-refractivity contribution in [2.45, 2.75) is 40.2 Å². The fourth-order valence-corrected chi connectivity index (χ4v) is 1.95. The summed E-state index contributed by atoms with van der Waals surface area (Å²) in [5, 5.41) is 19.4. The smallest absolute Gasteiger partial charge is 0.226 e. The topological polar surface area (TPSA) is 78.0 Å². The molecule has 0 bridgehead atoms. The molecule has 1 aromatic heterocycles. The number of carbonyl (C=O) groups is 1. The molecule has 0 saturated heterocycles. The molecule has 0 aliphatic heterocycles. The Kier molecular flexibility index (Phi) is 4.90. The summed E-state index contributed by atoms with van der Waals surface area (Å²) in [5.74, 6) is 0.104. The summed E-state index contributed by atoms with van der Waals surface area (Å²) in [5.41, 5.74) is 0.451. The zero-order valence-electron chi connectivity index (χ0n) is 11.5. The van der Waals surface area contributed by atoms with Gasteiger partial charge >= 0.3 is 0 Å². The number of amides is 1. The van der Waals surface area contributed by atoms with Crippen LogP contribution in [0.5, 0.6) is 0 Å². The van der Waals surface area contributed by atoms with Gasteiger partial charge in [0.2, 0.25) is 5.91 Å². The zero-order chi connectivity index (χ0) is 13.8. The van der Waals surface area contributed by atoms with Crippen molar-refractivity contribution in [1.82, 2.24) is 15.5 Å². The van der Waals surface area contributed by atoms with Gasteiger partial charge in [0.25, 0.3) is 0 Å². The van der Waals surface area contributed by atoms with E-state index in [4.69, 9.17) is 0 Å². The Morgan fingerprint density at radius 2 is 2.22 bits per heavy atom. The third kappa shape index (κ3) is 4.14. The molecule has 0 fully saturated rings. The van der Waals surface area contributed by atoms with Crippen LogP contribution in [0.2, 0.25) is 0 Å². The quantitative estimate of drug-likeness (QED) is 0.710. The second-order valence-electron chi connectivity index (χ2n) is 5.71. The Hall–Kier alpha value is -1.36. The molecule has 5 nitrogen and oxygen atoms in total. The zero-order valence-corrected chi connectivity index (χ0v) is 11.5. The summed E-state index contributed by atoms with van der Waals surface area (Å²) in [4.78, 5) is 11.7. The predicted molar refractivity (Wildman–Crippen MR) is 69.9 cm³/mol. The summed E-state index contributed by atoms with van der Waals surface area (Å²) in [6, 6.07) is 1.77. The minimum absolute atomic E-state index is 0.0664. The number of nitrogens with zero attached hydrogens (tertiary/aromatic N) is 1. The lowest BCUT2D eigenvalue weighted by Gasteiger charge is -2.33. The molecule has 1 aromatic rings. The standard InChI is InChI=1S/C13H23N3O2/c1-9(2)12(18)13(3,4)8-14-11(17)7-10-5-6-15-16-10/h5-6,9,12,18H,7-8H2,1-4H3,(H,14,17)(H,15,16). The highest BCUT2D eigenvalue weighted by molar-refractivity contribution is 5.78. The van der Waals surface area contributed by atoms with E-state index in [1.165, 1.54) is 0 Å². The first-order valence-electron chi connectivity index (χ1n) is 6.26. The summed E-state index contributed by atoms with van der Waals surface area (Å²) < 4.78 is 0. The lowest BCUT2D eigenvalue weighted by atomic mass is 9.80. The Bertz CT molecular complexity index is 372. The second kappa shape index (κ2) is 6.00. The maximum atomic E-state index is 11.7. The lowest BCUT2D eigenvalue weighted by Crippen LogP contribution is -2.44. The van der Waals surface area contributed by atoms with Gasteiger partial charge in [-0.3, -0.25) is 9.89 Å². The highest BCUT2D eigenvalue weighted by Crippen LogP contribution is 2.24. The van der Waals surface area contributed by atoms with Crippen molar-refractivity contribution in [1.29, 1.82) is 0 Å². The number of aromatic amines is 1. The largest absolute Gasteiger partial charge is 0.392 e. The van der Waals surface area contributed by atoms with Gasteiger partial charge in [0, 0.05) is 23.9 Å². The van der Waals surface area contributed by atoms with E-state index < -0.39 is 6.10 Å². The van der Waals surface area contributed by atoms with Crippen molar-refractivity contribution in [2.75, 3.05) is 6.54 Å². The first kappa shape index (κ1) is 14.7. The minimum atomic E-state index is -0.440. The Morgan fingerprint density at radius 3 is 2.72 bits per heavy atom. The molecule has 0 aliphatic carbocycles. The Balaban J connectivity index is 2.42. The van der Waals surface area contributed by atoms with E-state index in [-0.39, 0.29) is 23.7 Å². The summed E-state index contributed by atoms with van der Waals surface area (Å²) in [6.07, 6.45) is 1.47. The highest BCUT2D eigenvalue weighted by Gasteiger charge is 2.30. The van der Waals surface area contributed by atoms with E-state index in [0.29, 0.717) is 6.54 Å². The van der Waals surface area contributed by atoms with Crippen LogP contribution in [0.25, 0.3) is 0 Å². The molecule has 1 atom stereocenters. The van der Waals surface area contributed by atoms with Gasteiger partial charge in [-0.1, -0.05) is 27.7 Å². The van der Waals surface area contributed by atoms with Crippen LogP contribution >= 0.6 is 0 Å². The summed E-state index contributed by atoms with van der Waals surface area (Å²) in [6.45, 7) is 8.30. The van der Waals surface area contributed by atoms with Crippen molar-refractivity contribution >= 4 is 5.91 Å². The van der Waals surface area contributed by atoms with Gasteiger partial charge in [0.15, 0.2) is 0 Å². The molecule has 18 heavy (non-hydrogen) atoms. The number of aliphatic hydroxyl groups is 1. The number of aromatic nitrogens is 2. The number of aliphatic hydroxyl groups excluding tert-OH is 1. The molecular formula is C13H23N3O2. The van der Waals surface area contributed by atoms with E-state index in [1.807, 2.05) is 27.7 Å². The molecule has 102 valence electrons. The fraction of sp³-hybridized carbons (Fsp3) is 0.692. The molecule has 3 N–H and O–H groups in total. The number of rotatable bonds is 6. The number of carbonyl (C=O) groups excluding carboxylic acids is 1. The van der Waals surface area contributed by atoms with Gasteiger partial charge in [-0.25, -0.2) is 0 Å². The average Bonchev–Trinajstić information content (AvgIpc) is 2.78. The van der Waals surface area contributed by atoms with Gasteiger partial charge in [0.05, 0.1) is 12.5 Å². The van der Waals surface area contributed by atoms with Crippen LogP contribution in [0.15, 0.2) is 12.3 Å². The van der Waals surface area contributed by atoms with Crippen molar-refractivity contribution in [3.63, 3.8) is 0 Å². The minimum Gasteiger partial charge on any atom is -0.392 e. The first-order chi connectivity index (χ1) is 8.33. The van der Waals surface area contributed by atoms with Crippen molar-refractivity contribution in [2.24, 2.45) is 11.3 Å². The molecule has 1 amide bonds. The van der Waals surface area contributed by atoms with Crippen LogP contribution in [0.3, 0.4) is 0 Å². The third-order valence-corrected chi connectivity index (χ3v) is 3.08. The average molecular weight is 253 g/mol. The normalized spacial score (nSPS) is 13.7. The summed E-state index contributed by atoms with van der Waals surface area (Å²) >= 11 is 0. The van der Waals surface area contributed by atoms with Crippen LogP contribution in [-0.2, 0) is 11.2 Å². The summed E-state index contributed by atoms with van der Waals surface area (Å²) in [7, 11) is 0. The highest BCUT2D eigenvalue weighted by atomic mass is 16.3. The Morgan fingerprint density at radius 1 is 1.56 bits per heavy atom. The number of H-pyrrole nitrogens is 1. The third-order valence-electron chi connectivity index (χ3n) is 3.08. The SMILES string of the molecule is CC(C)C(O)C(C)(C)CNC(=O)Cc1ccn[nH]1. The lowest BCUT2D eigenvalue weighted by molar-refractivity contribution is -0.121. The maximum absolute atomic E-state index is 11.7. The molecular weight excluding hydrogens is 230 g/mol. The molecule has 0 spiro atoms. The fourth-order valence-electron chi connectivity index (χ4n) is 1.95. The van der Waals surface area contributed by atoms with E-state index in [1.54, 1.807) is 12.3 Å². The molecule has 0 aromatic carbocycles. The van der Waals surface area contributed by atoms with Crippen LogP contribution in [0, 0.1) is 11.3 Å². The van der Waals surface area contributed by atoms with E-state index in [2.05, 4.69) is 15.5 Å². The van der Waals surface area contributed by atoms with E-state index in [9.17, 15) is 9.90 Å². The first-order valence-corrected chi connectivity index (χ1v) is 6.26. The Labute approximate surface area is 108 Å². The molecule has 5 heteroatoms. The van der Waals surface area contributed by atoms with Gasteiger partial charge in [0.1, 0.15) is 0 Å². The molecule has 0 aliphatic rings. The van der Waals surface area contributed by atoms with Crippen LogP contribution in [-0.4, -0.2) is 33.9 Å². The molecule has 0 radical (unpaired) electrons. The van der Waals surface area contributed by atoms with Crippen molar-refractivity contribution in [3.05, 3.63) is 18.0 Å². The molecule has 0 saturated carbocycles. The van der Waals surface area contributed by atoms with Crippen LogP contribution in [0.1, 0.15) is 33.4 Å². The van der Waals surface area contributed by atoms with Crippen molar-refractivity contribution < 1.29 is 9.90 Å². The van der Waals surface area contributed by atoms with E-state index in [0.717, 1.165) is 5.69 Å². The monoisotopic (exact) mass is 253 g/mol. The van der Waals surface area contributed by atoms with Crippen LogP contribution < -0.4 is 5.32 Å².